The number of aliphatic hydroxyl groups excluding tert-OH is 1. The third-order valence-electron chi connectivity index (χ3n) is 3.92. The molecule has 1 aromatic heterocycles. The van der Waals surface area contributed by atoms with Crippen LogP contribution in [0.2, 0.25) is 0 Å². The van der Waals surface area contributed by atoms with Gasteiger partial charge in [-0.2, -0.15) is 10.5 Å². The summed E-state index contributed by atoms with van der Waals surface area (Å²) in [6.45, 7) is 0.0918. The monoisotopic (exact) mass is 422 g/mol. The lowest BCUT2D eigenvalue weighted by molar-refractivity contribution is 0.201. The van der Waals surface area contributed by atoms with E-state index >= 15 is 0 Å². The first kappa shape index (κ1) is 22.6. The fourth-order valence-corrected chi connectivity index (χ4v) is 3.46. The molecule has 2 rings (SSSR count). The van der Waals surface area contributed by atoms with Gasteiger partial charge in [-0.15, -0.1) is 0 Å². The first-order valence-electron chi connectivity index (χ1n) is 8.95. The van der Waals surface area contributed by atoms with Crippen molar-refractivity contribution in [3.05, 3.63) is 59.4 Å². The van der Waals surface area contributed by atoms with Gasteiger partial charge in [-0.1, -0.05) is 23.9 Å². The maximum absolute atomic E-state index is 9.86. The van der Waals surface area contributed by atoms with E-state index in [9.17, 15) is 10.5 Å². The number of ether oxygens (including phenoxy) is 1. The lowest BCUT2D eigenvalue weighted by Gasteiger charge is -2.15. The Labute approximate surface area is 179 Å². The predicted octanol–water partition coefficient (Wildman–Crippen LogP) is 2.31. The molecule has 1 heterocycles. The number of hydrogen-bond acceptors (Lipinski definition) is 9. The molecule has 0 unspecified atom stereocenters. The van der Waals surface area contributed by atoms with Gasteiger partial charge in [0, 0.05) is 24.1 Å². The number of aromatic nitrogens is 1. The van der Waals surface area contributed by atoms with Crippen molar-refractivity contribution in [1.82, 2.24) is 4.98 Å². The summed E-state index contributed by atoms with van der Waals surface area (Å²) in [6.07, 6.45) is 4.68. The smallest absolute Gasteiger partial charge is 0.145 e. The number of thioether (sulfide) groups is 1. The highest BCUT2D eigenvalue weighted by Crippen LogP contribution is 2.37. The number of aliphatic hydroxyl groups is 1. The number of anilines is 1. The summed E-state index contributed by atoms with van der Waals surface area (Å²) in [4.78, 5) is 4.46. The van der Waals surface area contributed by atoms with Crippen LogP contribution in [-0.4, -0.2) is 36.1 Å². The van der Waals surface area contributed by atoms with Gasteiger partial charge in [-0.3, -0.25) is 0 Å². The molecule has 0 atom stereocenters. The second-order valence-corrected chi connectivity index (χ2v) is 6.84. The molecule has 8 nitrogen and oxygen atoms in total. The van der Waals surface area contributed by atoms with Crippen molar-refractivity contribution < 1.29 is 9.84 Å². The van der Waals surface area contributed by atoms with Crippen LogP contribution in [0.1, 0.15) is 11.1 Å². The van der Waals surface area contributed by atoms with Crippen molar-refractivity contribution >= 4 is 17.6 Å². The van der Waals surface area contributed by atoms with E-state index in [-0.39, 0.29) is 18.8 Å². The molecule has 0 aliphatic carbocycles. The van der Waals surface area contributed by atoms with E-state index in [0.29, 0.717) is 44.7 Å². The van der Waals surface area contributed by atoms with Gasteiger partial charge in [0.05, 0.1) is 12.2 Å². The van der Waals surface area contributed by atoms with Crippen molar-refractivity contribution in [2.75, 3.05) is 31.3 Å². The van der Waals surface area contributed by atoms with Gasteiger partial charge < -0.3 is 26.6 Å². The molecular formula is C21H22N6O2S. The van der Waals surface area contributed by atoms with Crippen molar-refractivity contribution in [3.63, 3.8) is 0 Å². The van der Waals surface area contributed by atoms with Crippen LogP contribution in [0.15, 0.2) is 53.3 Å². The van der Waals surface area contributed by atoms with Crippen LogP contribution in [0, 0.1) is 22.7 Å². The molecular weight excluding hydrogens is 400 g/mol. The van der Waals surface area contributed by atoms with Crippen LogP contribution >= 0.6 is 11.8 Å². The molecule has 9 heteroatoms. The fraction of sp³-hybridized carbons (Fsp3) is 0.190. The summed E-state index contributed by atoms with van der Waals surface area (Å²) in [5, 5.41) is 31.9. The van der Waals surface area contributed by atoms with E-state index < -0.39 is 0 Å². The Balaban J connectivity index is 2.55. The summed E-state index contributed by atoms with van der Waals surface area (Å²) >= 11 is 1.30. The summed E-state index contributed by atoms with van der Waals surface area (Å²) < 4.78 is 5.38. The molecule has 0 radical (unpaired) electrons. The molecule has 0 saturated carbocycles. The maximum Gasteiger partial charge on any atom is 0.145 e. The summed E-state index contributed by atoms with van der Waals surface area (Å²) in [5.74, 6) is 1.35. The van der Waals surface area contributed by atoms with Crippen LogP contribution < -0.4 is 21.5 Å². The molecule has 1 aromatic carbocycles. The van der Waals surface area contributed by atoms with E-state index in [0.717, 1.165) is 0 Å². The van der Waals surface area contributed by atoms with E-state index in [2.05, 4.69) is 22.4 Å². The molecule has 0 aliphatic heterocycles. The molecule has 0 spiro atoms. The number of hydrogen-bond donors (Lipinski definition) is 4. The Bertz CT molecular complexity index is 1020. The molecule has 0 fully saturated rings. The van der Waals surface area contributed by atoms with E-state index in [1.807, 2.05) is 0 Å². The van der Waals surface area contributed by atoms with Gasteiger partial charge in [-0.25, -0.2) is 4.98 Å². The normalized spacial score (nSPS) is 11.1. The second-order valence-electron chi connectivity index (χ2n) is 5.88. The third kappa shape index (κ3) is 5.45. The number of nitrogens with zero attached hydrogens (tertiary/aromatic N) is 3. The number of allylic oxidation sites excluding steroid dienone is 2. The zero-order chi connectivity index (χ0) is 21.9. The van der Waals surface area contributed by atoms with Crippen LogP contribution in [0.4, 0.5) is 5.82 Å². The Kier molecular flexibility index (Phi) is 8.57. The highest BCUT2D eigenvalue weighted by Gasteiger charge is 2.21. The number of nitrogens with one attached hydrogen (secondary N) is 1. The Morgan fingerprint density at radius 1 is 1.27 bits per heavy atom. The Morgan fingerprint density at radius 2 is 1.97 bits per heavy atom. The van der Waals surface area contributed by atoms with Crippen LogP contribution in [0.5, 0.6) is 5.75 Å². The molecule has 154 valence electrons. The van der Waals surface area contributed by atoms with Crippen molar-refractivity contribution in [2.45, 2.75) is 5.03 Å². The lowest BCUT2D eigenvalue weighted by Crippen LogP contribution is -2.06. The highest BCUT2D eigenvalue weighted by molar-refractivity contribution is 7.99. The SMILES string of the molecule is CNc1nc(SC/C(N)=C/C=C\N)c(C#N)c(-c2ccc(OCCO)cc2)c1C#N. The van der Waals surface area contributed by atoms with Crippen LogP contribution in [-0.2, 0) is 0 Å². The molecule has 30 heavy (non-hydrogen) atoms. The number of benzene rings is 1. The minimum atomic E-state index is -0.0893. The fourth-order valence-electron chi connectivity index (χ4n) is 2.61. The largest absolute Gasteiger partial charge is 0.491 e. The minimum absolute atomic E-state index is 0.0893. The van der Waals surface area contributed by atoms with Crippen LogP contribution in [0.25, 0.3) is 11.1 Å². The third-order valence-corrected chi connectivity index (χ3v) is 4.97. The topological polar surface area (TPSA) is 154 Å². The quantitative estimate of drug-likeness (QED) is 0.352. The molecule has 0 aliphatic rings. The highest BCUT2D eigenvalue weighted by atomic mass is 32.2. The zero-order valence-electron chi connectivity index (χ0n) is 16.4. The first-order chi connectivity index (χ1) is 14.6. The zero-order valence-corrected chi connectivity index (χ0v) is 17.2. The van der Waals surface area contributed by atoms with Gasteiger partial charge in [0.2, 0.25) is 0 Å². The van der Waals surface area contributed by atoms with Gasteiger partial charge in [-0.05, 0) is 36.0 Å². The minimum Gasteiger partial charge on any atom is -0.491 e. The standard InChI is InChI=1S/C21H22N6O2S/c1-26-20-17(11-23)19(14-4-6-16(7-5-14)29-10-9-28)18(12-24)21(27-20)30-13-15(25)3-2-8-22/h2-8,28H,9-10,13,22,25H2,1H3,(H,26,27)/b8-2-,15-3-. The van der Waals surface area contributed by atoms with Crippen molar-refractivity contribution in [1.29, 1.82) is 10.5 Å². The van der Waals surface area contributed by atoms with Crippen molar-refractivity contribution in [2.24, 2.45) is 11.5 Å². The number of pyridine rings is 1. The van der Waals surface area contributed by atoms with Gasteiger partial charge in [0.15, 0.2) is 0 Å². The molecule has 0 saturated heterocycles. The first-order valence-corrected chi connectivity index (χ1v) is 9.93. The number of rotatable bonds is 9. The van der Waals surface area contributed by atoms with Gasteiger partial charge >= 0.3 is 0 Å². The Hall–Kier alpha value is -3.66. The predicted molar refractivity (Wildman–Crippen MR) is 118 cm³/mol. The number of nitrogens with two attached hydrogens (primary N) is 2. The van der Waals surface area contributed by atoms with E-state index in [1.54, 1.807) is 43.5 Å². The van der Waals surface area contributed by atoms with Gasteiger partial charge in [0.25, 0.3) is 0 Å². The summed E-state index contributed by atoms with van der Waals surface area (Å²) in [6, 6.07) is 11.3. The second kappa shape index (κ2) is 11.4. The molecule has 2 aromatic rings. The van der Waals surface area contributed by atoms with E-state index in [1.165, 1.54) is 18.0 Å². The number of nitriles is 2. The average Bonchev–Trinajstić information content (AvgIpc) is 2.79. The Morgan fingerprint density at radius 3 is 2.53 bits per heavy atom. The molecule has 6 N–H and O–H groups in total. The lowest BCUT2D eigenvalue weighted by atomic mass is 9.96. The van der Waals surface area contributed by atoms with Crippen LogP contribution in [0.3, 0.4) is 0 Å². The maximum atomic E-state index is 9.86. The molecule has 0 bridgehead atoms. The average molecular weight is 423 g/mol. The summed E-state index contributed by atoms with van der Waals surface area (Å²) in [5.41, 5.74) is 13.6. The molecule has 0 amide bonds. The van der Waals surface area contributed by atoms with Gasteiger partial charge in [0.1, 0.15) is 40.9 Å². The summed E-state index contributed by atoms with van der Waals surface area (Å²) in [7, 11) is 1.67. The van der Waals surface area contributed by atoms with E-state index in [4.69, 9.17) is 21.3 Å². The van der Waals surface area contributed by atoms with Crippen molar-refractivity contribution in [3.8, 4) is 29.0 Å².